The monoisotopic (exact) mass is 204 g/mol. The van der Waals surface area contributed by atoms with Crippen LogP contribution in [-0.2, 0) is 0 Å². The van der Waals surface area contributed by atoms with Crippen molar-refractivity contribution in [3.8, 4) is 0 Å². The zero-order valence-corrected chi connectivity index (χ0v) is 8.63. The Hall–Kier alpha value is -1.35. The number of hydrogen-bond acceptors (Lipinski definition) is 3. The molecule has 2 nitrogen and oxygen atoms in total. The highest BCUT2D eigenvalue weighted by Gasteiger charge is 1.93. The van der Waals surface area contributed by atoms with Crippen molar-refractivity contribution < 1.29 is 0 Å². The van der Waals surface area contributed by atoms with Gasteiger partial charge in [-0.2, -0.15) is 16.4 Å². The van der Waals surface area contributed by atoms with Gasteiger partial charge in [0.1, 0.15) is 0 Å². The van der Waals surface area contributed by atoms with Crippen molar-refractivity contribution >= 4 is 23.1 Å². The molecule has 0 spiro atoms. The van der Waals surface area contributed by atoms with E-state index in [1.807, 2.05) is 12.2 Å². The van der Waals surface area contributed by atoms with Gasteiger partial charge in [-0.25, -0.2) is 0 Å². The third-order valence-electron chi connectivity index (χ3n) is 1.91. The highest BCUT2D eigenvalue weighted by Crippen LogP contribution is 2.08. The van der Waals surface area contributed by atoms with Crippen LogP contribution < -0.4 is 5.43 Å². The lowest BCUT2D eigenvalue weighted by Crippen LogP contribution is -2.06. The number of rotatable bonds is 2. The quantitative estimate of drug-likeness (QED) is 0.787. The fourth-order valence-corrected chi connectivity index (χ4v) is 1.81. The minimum Gasteiger partial charge on any atom is -0.309 e. The molecule has 2 rings (SSSR count). The number of thiophene rings is 1. The summed E-state index contributed by atoms with van der Waals surface area (Å²) in [6.07, 6.45) is 9.32. The SMILES string of the molecule is C1=CC(/C=C/c2ccsc2)=NNCC1. The van der Waals surface area contributed by atoms with Gasteiger partial charge >= 0.3 is 0 Å². The van der Waals surface area contributed by atoms with Gasteiger partial charge in [-0.05, 0) is 41.0 Å². The largest absolute Gasteiger partial charge is 0.309 e. The summed E-state index contributed by atoms with van der Waals surface area (Å²) in [6.45, 7) is 0.923. The van der Waals surface area contributed by atoms with Gasteiger partial charge in [0.05, 0.1) is 5.71 Å². The predicted octanol–water partition coefficient (Wildman–Crippen LogP) is 2.67. The molecule has 0 saturated heterocycles. The Balaban J connectivity index is 2.06. The van der Waals surface area contributed by atoms with Gasteiger partial charge in [-0.1, -0.05) is 12.2 Å². The van der Waals surface area contributed by atoms with Crippen molar-refractivity contribution in [2.75, 3.05) is 6.54 Å². The lowest BCUT2D eigenvalue weighted by atomic mass is 10.2. The van der Waals surface area contributed by atoms with Crippen molar-refractivity contribution in [1.29, 1.82) is 0 Å². The topological polar surface area (TPSA) is 24.4 Å². The maximum absolute atomic E-state index is 4.22. The van der Waals surface area contributed by atoms with Gasteiger partial charge in [0.25, 0.3) is 0 Å². The summed E-state index contributed by atoms with van der Waals surface area (Å²) >= 11 is 1.71. The van der Waals surface area contributed by atoms with Crippen molar-refractivity contribution in [1.82, 2.24) is 5.43 Å². The molecule has 3 heteroatoms. The molecule has 1 aromatic heterocycles. The summed E-state index contributed by atoms with van der Waals surface area (Å²) in [7, 11) is 0. The number of allylic oxidation sites excluding steroid dienone is 2. The van der Waals surface area contributed by atoms with Crippen LogP contribution in [0.1, 0.15) is 12.0 Å². The number of hydrazone groups is 1. The van der Waals surface area contributed by atoms with Crippen molar-refractivity contribution in [3.05, 3.63) is 40.6 Å². The highest BCUT2D eigenvalue weighted by molar-refractivity contribution is 7.08. The molecule has 0 unspecified atom stereocenters. The second kappa shape index (κ2) is 4.77. The fourth-order valence-electron chi connectivity index (χ4n) is 1.18. The molecule has 0 atom stereocenters. The smallest absolute Gasteiger partial charge is 0.0826 e. The molecule has 1 N–H and O–H groups in total. The normalized spacial score (nSPS) is 16.4. The van der Waals surface area contributed by atoms with E-state index in [9.17, 15) is 0 Å². The molecule has 0 radical (unpaired) electrons. The van der Waals surface area contributed by atoms with E-state index >= 15 is 0 Å². The average Bonchev–Trinajstić information content (AvgIpc) is 2.58. The summed E-state index contributed by atoms with van der Waals surface area (Å²) in [5, 5.41) is 8.41. The number of nitrogens with one attached hydrogen (secondary N) is 1. The first-order valence-electron chi connectivity index (χ1n) is 4.62. The predicted molar refractivity (Wildman–Crippen MR) is 62.5 cm³/mol. The van der Waals surface area contributed by atoms with Gasteiger partial charge in [0.2, 0.25) is 0 Å². The molecule has 1 aliphatic heterocycles. The maximum atomic E-state index is 4.22. The molecule has 0 bridgehead atoms. The van der Waals surface area contributed by atoms with Crippen LogP contribution in [0.25, 0.3) is 6.08 Å². The zero-order chi connectivity index (χ0) is 9.64. The van der Waals surface area contributed by atoms with Crippen molar-refractivity contribution in [2.24, 2.45) is 5.10 Å². The van der Waals surface area contributed by atoms with Gasteiger partial charge in [-0.3, -0.25) is 0 Å². The first kappa shape index (κ1) is 9.21. The maximum Gasteiger partial charge on any atom is 0.0826 e. The summed E-state index contributed by atoms with van der Waals surface area (Å²) in [5.74, 6) is 0. The van der Waals surface area contributed by atoms with Crippen LogP contribution in [0.5, 0.6) is 0 Å². The van der Waals surface area contributed by atoms with Crippen LogP contribution in [-0.4, -0.2) is 12.3 Å². The minimum absolute atomic E-state index is 0.923. The molecule has 0 aromatic carbocycles. The van der Waals surface area contributed by atoms with E-state index < -0.39 is 0 Å². The van der Waals surface area contributed by atoms with Gasteiger partial charge in [-0.15, -0.1) is 0 Å². The molecule has 2 heterocycles. The van der Waals surface area contributed by atoms with Crippen LogP contribution >= 0.6 is 11.3 Å². The third kappa shape index (κ3) is 2.57. The molecular weight excluding hydrogens is 192 g/mol. The third-order valence-corrected chi connectivity index (χ3v) is 2.61. The molecule has 0 saturated carbocycles. The fraction of sp³-hybridized carbons (Fsp3) is 0.182. The lowest BCUT2D eigenvalue weighted by molar-refractivity contribution is 0.750. The van der Waals surface area contributed by atoms with Crippen LogP contribution in [0.3, 0.4) is 0 Å². The van der Waals surface area contributed by atoms with Crippen molar-refractivity contribution in [2.45, 2.75) is 6.42 Å². The molecule has 1 aliphatic rings. The molecule has 0 amide bonds. The van der Waals surface area contributed by atoms with Crippen LogP contribution in [0.4, 0.5) is 0 Å². The van der Waals surface area contributed by atoms with Gasteiger partial charge < -0.3 is 5.43 Å². The van der Waals surface area contributed by atoms with E-state index in [1.54, 1.807) is 11.3 Å². The first-order valence-corrected chi connectivity index (χ1v) is 5.57. The Bertz CT molecular complexity index is 361. The van der Waals surface area contributed by atoms with E-state index in [0.717, 1.165) is 18.7 Å². The molecular formula is C11H12N2S. The molecule has 72 valence electrons. The van der Waals surface area contributed by atoms with Crippen LogP contribution in [0.15, 0.2) is 40.2 Å². The molecule has 1 aromatic rings. The summed E-state index contributed by atoms with van der Waals surface area (Å²) in [4.78, 5) is 0. The Morgan fingerprint density at radius 3 is 3.29 bits per heavy atom. The lowest BCUT2D eigenvalue weighted by Gasteiger charge is -1.93. The Kier molecular flexibility index (Phi) is 3.14. The number of nitrogens with zero attached hydrogens (tertiary/aromatic N) is 1. The second-order valence-electron chi connectivity index (χ2n) is 3.03. The Labute approximate surface area is 87.7 Å². The molecule has 0 fully saturated rings. The standard InChI is InChI=1S/C11H12N2S/c1-2-7-12-13-11(3-1)5-4-10-6-8-14-9-10/h1,3-6,8-9,12H,2,7H2/b5-4+. The van der Waals surface area contributed by atoms with E-state index in [2.05, 4.69) is 39.5 Å². The van der Waals surface area contributed by atoms with E-state index in [0.29, 0.717) is 0 Å². The highest BCUT2D eigenvalue weighted by atomic mass is 32.1. The number of hydrogen-bond donors (Lipinski definition) is 1. The first-order chi connectivity index (χ1) is 6.95. The van der Waals surface area contributed by atoms with Crippen LogP contribution in [0.2, 0.25) is 0 Å². The van der Waals surface area contributed by atoms with Gasteiger partial charge in [0.15, 0.2) is 0 Å². The van der Waals surface area contributed by atoms with E-state index in [4.69, 9.17) is 0 Å². The van der Waals surface area contributed by atoms with Gasteiger partial charge in [0, 0.05) is 6.54 Å². The zero-order valence-electron chi connectivity index (χ0n) is 7.81. The average molecular weight is 204 g/mol. The summed E-state index contributed by atoms with van der Waals surface area (Å²) in [5.41, 5.74) is 5.22. The summed E-state index contributed by atoms with van der Waals surface area (Å²) in [6, 6.07) is 2.09. The minimum atomic E-state index is 0.923. The summed E-state index contributed by atoms with van der Waals surface area (Å²) < 4.78 is 0. The Morgan fingerprint density at radius 1 is 1.43 bits per heavy atom. The molecule has 0 aliphatic carbocycles. The van der Waals surface area contributed by atoms with Crippen molar-refractivity contribution in [3.63, 3.8) is 0 Å². The van der Waals surface area contributed by atoms with E-state index in [1.165, 1.54) is 5.56 Å². The second-order valence-corrected chi connectivity index (χ2v) is 3.81. The molecule has 14 heavy (non-hydrogen) atoms. The van der Waals surface area contributed by atoms with Crippen LogP contribution in [0, 0.1) is 0 Å². The van der Waals surface area contributed by atoms with E-state index in [-0.39, 0.29) is 0 Å². The Morgan fingerprint density at radius 2 is 2.43 bits per heavy atom.